The monoisotopic (exact) mass is 424 g/mol. The molecule has 2 rings (SSSR count). The first-order valence-corrected chi connectivity index (χ1v) is 9.61. The number of aryl methyl sites for hydroxylation is 1. The number of hydrogen-bond acceptors (Lipinski definition) is 4. The number of nitrogens with one attached hydrogen (secondary N) is 1. The maximum Gasteiger partial charge on any atom is 0.240 e. The number of halogens is 1. The second kappa shape index (κ2) is 7.87. The first-order chi connectivity index (χ1) is 9.99. The summed E-state index contributed by atoms with van der Waals surface area (Å²) < 4.78 is 33.5. The fraction of sp³-hybridized carbons (Fsp3) is 0.571. The molecule has 1 aromatic rings. The molecule has 0 aliphatic carbocycles. The average molecular weight is 424 g/mol. The molecule has 1 heterocycles. The van der Waals surface area contributed by atoms with E-state index in [2.05, 4.69) is 32.2 Å². The van der Waals surface area contributed by atoms with Crippen LogP contribution in [-0.4, -0.2) is 52.7 Å². The molecule has 0 atom stereocenters. The van der Waals surface area contributed by atoms with E-state index in [9.17, 15) is 8.42 Å². The van der Waals surface area contributed by atoms with Crippen LogP contribution in [0.25, 0.3) is 0 Å². The quantitative estimate of drug-likeness (QED) is 0.557. The molecule has 0 saturated carbocycles. The summed E-state index contributed by atoms with van der Waals surface area (Å²) in [6.45, 7) is 6.60. The lowest BCUT2D eigenvalue weighted by Crippen LogP contribution is -2.38. The van der Waals surface area contributed by atoms with Crippen molar-refractivity contribution in [2.45, 2.75) is 18.2 Å². The van der Waals surface area contributed by atoms with Gasteiger partial charge in [0, 0.05) is 23.2 Å². The Kier molecular flexibility index (Phi) is 6.42. The third-order valence-electron chi connectivity index (χ3n) is 3.47. The summed E-state index contributed by atoms with van der Waals surface area (Å²) >= 11 is 2.18. The highest BCUT2D eigenvalue weighted by molar-refractivity contribution is 14.1. The third-order valence-corrected chi connectivity index (χ3v) is 5.77. The predicted molar refractivity (Wildman–Crippen MR) is 91.0 cm³/mol. The summed E-state index contributed by atoms with van der Waals surface area (Å²) in [5, 5.41) is 0. The van der Waals surface area contributed by atoms with Gasteiger partial charge in [0.2, 0.25) is 10.0 Å². The smallest absolute Gasteiger partial charge is 0.240 e. The number of ether oxygens (including phenoxy) is 1. The summed E-state index contributed by atoms with van der Waals surface area (Å²) in [5.74, 6) is 0. The third kappa shape index (κ3) is 5.17. The number of benzene rings is 1. The normalized spacial score (nSPS) is 17.0. The Morgan fingerprint density at radius 1 is 1.33 bits per heavy atom. The van der Waals surface area contributed by atoms with Crippen LogP contribution in [0.5, 0.6) is 0 Å². The van der Waals surface area contributed by atoms with E-state index < -0.39 is 10.0 Å². The molecule has 0 spiro atoms. The van der Waals surface area contributed by atoms with Crippen molar-refractivity contribution in [1.29, 1.82) is 0 Å². The van der Waals surface area contributed by atoms with Crippen LogP contribution in [0.15, 0.2) is 23.1 Å². The number of nitrogens with zero attached hydrogens (tertiary/aromatic N) is 1. The molecule has 0 radical (unpaired) electrons. The van der Waals surface area contributed by atoms with Gasteiger partial charge in [0.05, 0.1) is 18.1 Å². The van der Waals surface area contributed by atoms with Crippen molar-refractivity contribution >= 4 is 32.6 Å². The fourth-order valence-corrected chi connectivity index (χ4v) is 4.27. The van der Waals surface area contributed by atoms with Crippen molar-refractivity contribution < 1.29 is 13.2 Å². The molecule has 1 aliphatic heterocycles. The second-order valence-corrected chi connectivity index (χ2v) is 8.10. The summed E-state index contributed by atoms with van der Waals surface area (Å²) in [5.41, 5.74) is 0.780. The largest absolute Gasteiger partial charge is 0.379 e. The second-order valence-electron chi connectivity index (χ2n) is 5.12. The molecule has 1 aliphatic rings. The van der Waals surface area contributed by atoms with E-state index in [0.717, 1.165) is 48.4 Å². The number of hydrogen-bond donors (Lipinski definition) is 1. The lowest BCUT2D eigenvalue weighted by molar-refractivity contribution is 0.0376. The van der Waals surface area contributed by atoms with E-state index in [1.165, 1.54) is 0 Å². The maximum absolute atomic E-state index is 12.3. The van der Waals surface area contributed by atoms with Gasteiger partial charge < -0.3 is 4.74 Å². The summed E-state index contributed by atoms with van der Waals surface area (Å²) in [6, 6.07) is 5.36. The highest BCUT2D eigenvalue weighted by atomic mass is 127. The Morgan fingerprint density at radius 3 is 2.71 bits per heavy atom. The number of rotatable bonds is 6. The molecule has 1 N–H and O–H groups in total. The highest BCUT2D eigenvalue weighted by Crippen LogP contribution is 2.17. The van der Waals surface area contributed by atoms with E-state index in [1.807, 2.05) is 19.1 Å². The van der Waals surface area contributed by atoms with Gasteiger partial charge in [-0.1, -0.05) is 0 Å². The maximum atomic E-state index is 12.3. The van der Waals surface area contributed by atoms with Crippen LogP contribution < -0.4 is 4.72 Å². The van der Waals surface area contributed by atoms with Crippen molar-refractivity contribution in [1.82, 2.24) is 9.62 Å². The molecule has 0 unspecified atom stereocenters. The Hall–Kier alpha value is -0.220. The molecule has 1 fully saturated rings. The topological polar surface area (TPSA) is 58.6 Å². The van der Waals surface area contributed by atoms with Crippen molar-refractivity contribution in [3.05, 3.63) is 27.3 Å². The van der Waals surface area contributed by atoms with Crippen LogP contribution in [0, 0.1) is 10.5 Å². The van der Waals surface area contributed by atoms with E-state index in [4.69, 9.17) is 4.74 Å². The van der Waals surface area contributed by atoms with Gasteiger partial charge in [-0.3, -0.25) is 4.90 Å². The molecule has 21 heavy (non-hydrogen) atoms. The average Bonchev–Trinajstić information content (AvgIpc) is 2.44. The fourth-order valence-electron chi connectivity index (χ4n) is 2.33. The van der Waals surface area contributed by atoms with E-state index in [0.29, 0.717) is 11.4 Å². The van der Waals surface area contributed by atoms with Crippen molar-refractivity contribution in [3.63, 3.8) is 0 Å². The number of sulfonamides is 1. The summed E-state index contributed by atoms with van der Waals surface area (Å²) in [7, 11) is -3.41. The Morgan fingerprint density at radius 2 is 2.05 bits per heavy atom. The molecule has 1 aromatic carbocycles. The molecule has 7 heteroatoms. The minimum absolute atomic E-state index is 0.370. The minimum atomic E-state index is -3.41. The van der Waals surface area contributed by atoms with Crippen LogP contribution >= 0.6 is 22.6 Å². The zero-order chi connectivity index (χ0) is 15.3. The first-order valence-electron chi connectivity index (χ1n) is 7.05. The van der Waals surface area contributed by atoms with E-state index in [-0.39, 0.29) is 0 Å². The van der Waals surface area contributed by atoms with Gasteiger partial charge in [-0.05, 0) is 66.2 Å². The van der Waals surface area contributed by atoms with Gasteiger partial charge in [-0.25, -0.2) is 13.1 Å². The Labute approximate surface area is 140 Å². The lowest BCUT2D eigenvalue weighted by Gasteiger charge is -2.26. The molecule has 5 nitrogen and oxygen atoms in total. The molecular formula is C14H21IN2O3S. The summed E-state index contributed by atoms with van der Waals surface area (Å²) in [4.78, 5) is 2.67. The van der Waals surface area contributed by atoms with Crippen LogP contribution in [-0.2, 0) is 14.8 Å². The van der Waals surface area contributed by atoms with Gasteiger partial charge in [-0.15, -0.1) is 0 Å². The van der Waals surface area contributed by atoms with Gasteiger partial charge >= 0.3 is 0 Å². The molecule has 118 valence electrons. The Bertz CT molecular complexity index is 572. The molecule has 0 amide bonds. The van der Waals surface area contributed by atoms with Crippen LogP contribution in [0.4, 0.5) is 0 Å². The van der Waals surface area contributed by atoms with Crippen molar-refractivity contribution in [2.75, 3.05) is 39.4 Å². The molecule has 0 bridgehead atoms. The minimum Gasteiger partial charge on any atom is -0.379 e. The standard InChI is InChI=1S/C14H21IN2O3S/c1-12-11-13(15)3-4-14(12)21(18,19)16-5-2-6-17-7-9-20-10-8-17/h3-4,11,16H,2,5-10H2,1H3. The Balaban J connectivity index is 1.83. The SMILES string of the molecule is Cc1cc(I)ccc1S(=O)(=O)NCCCN1CCOCC1. The van der Waals surface area contributed by atoms with Crippen molar-refractivity contribution in [3.8, 4) is 0 Å². The van der Waals surface area contributed by atoms with Crippen LogP contribution in [0.1, 0.15) is 12.0 Å². The molecule has 0 aromatic heterocycles. The van der Waals surface area contributed by atoms with Gasteiger partial charge in [-0.2, -0.15) is 0 Å². The zero-order valence-corrected chi connectivity index (χ0v) is 15.1. The van der Waals surface area contributed by atoms with Gasteiger partial charge in [0.1, 0.15) is 0 Å². The van der Waals surface area contributed by atoms with Crippen molar-refractivity contribution in [2.24, 2.45) is 0 Å². The summed E-state index contributed by atoms with van der Waals surface area (Å²) in [6.07, 6.45) is 0.808. The molecular weight excluding hydrogens is 403 g/mol. The van der Waals surface area contributed by atoms with Crippen LogP contribution in [0.2, 0.25) is 0 Å². The van der Waals surface area contributed by atoms with Gasteiger partial charge in [0.15, 0.2) is 0 Å². The van der Waals surface area contributed by atoms with E-state index >= 15 is 0 Å². The number of morpholine rings is 1. The predicted octanol–water partition coefficient (Wildman–Crippen LogP) is 1.60. The first kappa shape index (κ1) is 17.1. The molecule has 1 saturated heterocycles. The van der Waals surface area contributed by atoms with Crippen LogP contribution in [0.3, 0.4) is 0 Å². The lowest BCUT2D eigenvalue weighted by atomic mass is 10.2. The van der Waals surface area contributed by atoms with E-state index in [1.54, 1.807) is 6.07 Å². The zero-order valence-electron chi connectivity index (χ0n) is 12.1. The van der Waals surface area contributed by atoms with Gasteiger partial charge in [0.25, 0.3) is 0 Å². The highest BCUT2D eigenvalue weighted by Gasteiger charge is 2.16.